The topological polar surface area (TPSA) is 51.2 Å². The summed E-state index contributed by atoms with van der Waals surface area (Å²) in [4.78, 5) is 17.2. The number of carbonyl (C=O) groups is 1. The van der Waals surface area contributed by atoms with Crippen molar-refractivity contribution < 1.29 is 9.53 Å². The van der Waals surface area contributed by atoms with Gasteiger partial charge in [0.15, 0.2) is 0 Å². The molecular weight excluding hydrogens is 248 g/mol. The van der Waals surface area contributed by atoms with Crippen molar-refractivity contribution in [3.63, 3.8) is 0 Å². The van der Waals surface area contributed by atoms with Crippen LogP contribution < -0.4 is 5.32 Å². The molecule has 98 valence electrons. The zero-order chi connectivity index (χ0) is 12.8. The van der Waals surface area contributed by atoms with E-state index in [1.165, 1.54) is 24.2 Å². The average molecular weight is 266 g/mol. The zero-order valence-electron chi connectivity index (χ0n) is 10.7. The van der Waals surface area contributed by atoms with Gasteiger partial charge >= 0.3 is 0 Å². The smallest absolute Gasteiger partial charge is 0.263 e. The number of carbonyl (C=O) groups excluding carboxylic acids is 1. The molecule has 1 saturated carbocycles. The Morgan fingerprint density at radius 3 is 2.94 bits per heavy atom. The standard InChI is InChI=1S/C13H18N2O2S/c1-13(2)7-17-6-10(13)15-11(16)9-5-14-12(18-9)8-3-4-8/h5,8,10H,3-4,6-7H2,1-2H3,(H,15,16). The third-order valence-corrected chi connectivity index (χ3v) is 4.84. The van der Waals surface area contributed by atoms with Crippen molar-refractivity contribution >= 4 is 17.2 Å². The lowest BCUT2D eigenvalue weighted by atomic mass is 9.88. The summed E-state index contributed by atoms with van der Waals surface area (Å²) in [7, 11) is 0. The Hall–Kier alpha value is -0.940. The molecule has 0 spiro atoms. The molecule has 1 unspecified atom stereocenters. The fourth-order valence-electron chi connectivity index (χ4n) is 2.14. The van der Waals surface area contributed by atoms with Gasteiger partial charge in [0.25, 0.3) is 5.91 Å². The first-order chi connectivity index (χ1) is 8.56. The maximum atomic E-state index is 12.1. The molecule has 2 aliphatic rings. The van der Waals surface area contributed by atoms with Gasteiger partial charge in [-0.05, 0) is 12.8 Å². The van der Waals surface area contributed by atoms with Gasteiger partial charge in [0.1, 0.15) is 4.88 Å². The second-order valence-electron chi connectivity index (χ2n) is 5.87. The first-order valence-corrected chi connectivity index (χ1v) is 7.22. The predicted octanol–water partition coefficient (Wildman–Crippen LogP) is 2.18. The van der Waals surface area contributed by atoms with Crippen molar-refractivity contribution in [2.24, 2.45) is 5.41 Å². The maximum Gasteiger partial charge on any atom is 0.263 e. The molecule has 1 saturated heterocycles. The van der Waals surface area contributed by atoms with Gasteiger partial charge in [-0.1, -0.05) is 13.8 Å². The van der Waals surface area contributed by atoms with Crippen LogP contribution in [0.1, 0.15) is 47.3 Å². The van der Waals surface area contributed by atoms with E-state index in [1.54, 1.807) is 6.20 Å². The Bertz CT molecular complexity index is 465. The quantitative estimate of drug-likeness (QED) is 0.912. The van der Waals surface area contributed by atoms with Crippen molar-refractivity contribution in [1.29, 1.82) is 0 Å². The molecule has 1 aliphatic heterocycles. The first-order valence-electron chi connectivity index (χ1n) is 6.40. The number of nitrogens with zero attached hydrogens (tertiary/aromatic N) is 1. The van der Waals surface area contributed by atoms with E-state index in [0.29, 0.717) is 19.1 Å². The molecule has 18 heavy (non-hydrogen) atoms. The molecule has 3 rings (SSSR count). The minimum atomic E-state index is -0.0111. The second kappa shape index (κ2) is 4.31. The highest BCUT2D eigenvalue weighted by atomic mass is 32.1. The van der Waals surface area contributed by atoms with Crippen molar-refractivity contribution in [1.82, 2.24) is 10.3 Å². The highest BCUT2D eigenvalue weighted by molar-refractivity contribution is 7.13. The summed E-state index contributed by atoms with van der Waals surface area (Å²) >= 11 is 1.53. The molecule has 1 aromatic rings. The fourth-order valence-corrected chi connectivity index (χ4v) is 3.13. The van der Waals surface area contributed by atoms with E-state index in [-0.39, 0.29) is 17.4 Å². The highest BCUT2D eigenvalue weighted by Gasteiger charge is 2.37. The van der Waals surface area contributed by atoms with Crippen LogP contribution in [0.3, 0.4) is 0 Å². The van der Waals surface area contributed by atoms with Gasteiger partial charge < -0.3 is 10.1 Å². The van der Waals surface area contributed by atoms with E-state index in [0.717, 1.165) is 9.88 Å². The summed E-state index contributed by atoms with van der Waals surface area (Å²) in [6, 6.07) is 0.0940. The number of amides is 1. The Morgan fingerprint density at radius 1 is 1.56 bits per heavy atom. The van der Waals surface area contributed by atoms with E-state index in [9.17, 15) is 4.79 Å². The minimum absolute atomic E-state index is 0.0111. The van der Waals surface area contributed by atoms with Crippen LogP contribution in [0.15, 0.2) is 6.20 Å². The van der Waals surface area contributed by atoms with Crippen molar-refractivity contribution in [2.45, 2.75) is 38.6 Å². The third-order valence-electron chi connectivity index (χ3n) is 3.68. The number of aromatic nitrogens is 1. The van der Waals surface area contributed by atoms with Crippen LogP contribution in [-0.2, 0) is 4.74 Å². The number of rotatable bonds is 3. The molecule has 5 heteroatoms. The Labute approximate surface area is 111 Å². The fraction of sp³-hybridized carbons (Fsp3) is 0.692. The minimum Gasteiger partial charge on any atom is -0.379 e. The molecule has 1 aromatic heterocycles. The Morgan fingerprint density at radius 2 is 2.33 bits per heavy atom. The number of hydrogen-bond donors (Lipinski definition) is 1. The molecule has 2 fully saturated rings. The average Bonchev–Trinajstić information content (AvgIpc) is 2.95. The van der Waals surface area contributed by atoms with Crippen LogP contribution in [0.25, 0.3) is 0 Å². The van der Waals surface area contributed by atoms with Gasteiger partial charge in [-0.15, -0.1) is 11.3 Å². The molecular formula is C13H18N2O2S. The Balaban J connectivity index is 1.66. The third kappa shape index (κ3) is 2.29. The molecule has 0 radical (unpaired) electrons. The first kappa shape index (κ1) is 12.1. The molecule has 1 atom stereocenters. The van der Waals surface area contributed by atoms with E-state index in [4.69, 9.17) is 4.74 Å². The monoisotopic (exact) mass is 266 g/mol. The molecule has 0 aromatic carbocycles. The van der Waals surface area contributed by atoms with E-state index in [1.807, 2.05) is 0 Å². The Kier molecular flexibility index (Phi) is 2.90. The number of thiazole rings is 1. The van der Waals surface area contributed by atoms with Gasteiger partial charge in [-0.2, -0.15) is 0 Å². The van der Waals surface area contributed by atoms with Gasteiger partial charge in [-0.25, -0.2) is 4.98 Å². The van der Waals surface area contributed by atoms with Crippen molar-refractivity contribution in [2.75, 3.05) is 13.2 Å². The largest absolute Gasteiger partial charge is 0.379 e. The van der Waals surface area contributed by atoms with E-state index in [2.05, 4.69) is 24.1 Å². The van der Waals surface area contributed by atoms with Crippen molar-refractivity contribution in [3.05, 3.63) is 16.1 Å². The number of nitrogens with one attached hydrogen (secondary N) is 1. The van der Waals surface area contributed by atoms with Gasteiger partial charge in [-0.3, -0.25) is 4.79 Å². The molecule has 1 amide bonds. The summed E-state index contributed by atoms with van der Waals surface area (Å²) < 4.78 is 5.44. The summed E-state index contributed by atoms with van der Waals surface area (Å²) in [5.74, 6) is 0.603. The lowest BCUT2D eigenvalue weighted by molar-refractivity contribution is 0.0919. The normalized spacial score (nSPS) is 26.2. The molecule has 4 nitrogen and oxygen atoms in total. The van der Waals surface area contributed by atoms with Crippen LogP contribution >= 0.6 is 11.3 Å². The van der Waals surface area contributed by atoms with Crippen LogP contribution in [0.4, 0.5) is 0 Å². The molecule has 2 heterocycles. The summed E-state index contributed by atoms with van der Waals surface area (Å²) in [5.41, 5.74) is 0.0136. The van der Waals surface area contributed by atoms with Crippen LogP contribution in [0.5, 0.6) is 0 Å². The van der Waals surface area contributed by atoms with Crippen molar-refractivity contribution in [3.8, 4) is 0 Å². The summed E-state index contributed by atoms with van der Waals surface area (Å²) in [5, 5.41) is 4.18. The van der Waals surface area contributed by atoms with Crippen LogP contribution in [0, 0.1) is 5.41 Å². The van der Waals surface area contributed by atoms with Gasteiger partial charge in [0.2, 0.25) is 0 Å². The molecule has 0 bridgehead atoms. The summed E-state index contributed by atoms with van der Waals surface area (Å²) in [6.07, 6.45) is 4.15. The van der Waals surface area contributed by atoms with Crippen LogP contribution in [0.2, 0.25) is 0 Å². The van der Waals surface area contributed by atoms with Crippen LogP contribution in [-0.4, -0.2) is 30.1 Å². The predicted molar refractivity (Wildman–Crippen MR) is 69.9 cm³/mol. The lowest BCUT2D eigenvalue weighted by Gasteiger charge is -2.24. The maximum absolute atomic E-state index is 12.1. The van der Waals surface area contributed by atoms with Gasteiger partial charge in [0.05, 0.1) is 30.5 Å². The summed E-state index contributed by atoms with van der Waals surface area (Å²) in [6.45, 7) is 5.54. The zero-order valence-corrected chi connectivity index (χ0v) is 11.5. The molecule has 1 N–H and O–H groups in total. The van der Waals surface area contributed by atoms with E-state index >= 15 is 0 Å². The van der Waals surface area contributed by atoms with Gasteiger partial charge in [0, 0.05) is 11.3 Å². The number of hydrogen-bond acceptors (Lipinski definition) is 4. The second-order valence-corrected chi connectivity index (χ2v) is 6.93. The van der Waals surface area contributed by atoms with E-state index < -0.39 is 0 Å². The highest BCUT2D eigenvalue weighted by Crippen LogP contribution is 2.41. The lowest BCUT2D eigenvalue weighted by Crippen LogP contribution is -2.43. The SMILES string of the molecule is CC1(C)COCC1NC(=O)c1cnc(C2CC2)s1. The number of ether oxygens (including phenoxy) is 1. The molecule has 1 aliphatic carbocycles.